The molecule has 0 amide bonds. The summed E-state index contributed by atoms with van der Waals surface area (Å²) in [6, 6.07) is 0.934. The maximum atomic E-state index is 11.5. The first kappa shape index (κ1) is 17.1. The van der Waals surface area contributed by atoms with E-state index in [0.29, 0.717) is 24.2 Å². The lowest BCUT2D eigenvalue weighted by atomic mass is 10.1. The maximum Gasteiger partial charge on any atom is 0.326 e. The molecule has 1 aromatic rings. The topological polar surface area (TPSA) is 121 Å². The Kier molecular flexibility index (Phi) is 3.72. The minimum Gasteiger partial charge on any atom is -0.493 e. The molecular weight excluding hydrogens is 370 g/mol. The molecule has 152 valence electrons. The molecule has 0 aromatic carbocycles. The van der Waals surface area contributed by atoms with Gasteiger partial charge in [-0.05, 0) is 56.4 Å². The summed E-state index contributed by atoms with van der Waals surface area (Å²) in [7, 11) is 0. The summed E-state index contributed by atoms with van der Waals surface area (Å²) in [6.07, 6.45) is 11.4. The second kappa shape index (κ2) is 6.33. The highest BCUT2D eigenvalue weighted by Gasteiger charge is 2.43. The molecule has 2 aliphatic heterocycles. The summed E-state index contributed by atoms with van der Waals surface area (Å²) in [5, 5.41) is 20.1. The fourth-order valence-corrected chi connectivity index (χ4v) is 4.26. The van der Waals surface area contributed by atoms with Crippen LogP contribution in [0.4, 0.5) is 0 Å². The third-order valence-electron chi connectivity index (χ3n) is 6.25. The highest BCUT2D eigenvalue weighted by Crippen LogP contribution is 2.44. The Bertz CT molecular complexity index is 992. The number of aromatic nitrogens is 2. The average molecular weight is 395 g/mol. The van der Waals surface area contributed by atoms with Crippen LogP contribution in [0.15, 0.2) is 25.5 Å². The number of imidazole rings is 1. The summed E-state index contributed by atoms with van der Waals surface area (Å²) in [5.74, 6) is 3.32. The molecule has 29 heavy (non-hydrogen) atoms. The van der Waals surface area contributed by atoms with Gasteiger partial charge in [0.25, 0.3) is 0 Å². The Labute approximate surface area is 167 Å². The summed E-state index contributed by atoms with van der Waals surface area (Å²) < 4.78 is 0. The number of nitrogens with zero attached hydrogens (tertiary/aromatic N) is 4. The Morgan fingerprint density at radius 1 is 1.21 bits per heavy atom. The van der Waals surface area contributed by atoms with Crippen LogP contribution in [0.1, 0.15) is 50.6 Å². The van der Waals surface area contributed by atoms with E-state index in [4.69, 9.17) is 9.98 Å². The maximum absolute atomic E-state index is 11.5. The molecule has 1 unspecified atom stereocenters. The predicted molar refractivity (Wildman–Crippen MR) is 110 cm³/mol. The summed E-state index contributed by atoms with van der Waals surface area (Å²) in [6.45, 7) is 0. The van der Waals surface area contributed by atoms with E-state index in [1.54, 1.807) is 12.3 Å². The number of hydrogen-bond donors (Lipinski definition) is 4. The van der Waals surface area contributed by atoms with Gasteiger partial charge in [0.15, 0.2) is 6.17 Å². The lowest BCUT2D eigenvalue weighted by molar-refractivity contribution is 0.381. The van der Waals surface area contributed by atoms with Crippen LogP contribution >= 0.6 is 0 Å². The van der Waals surface area contributed by atoms with Gasteiger partial charge in [-0.15, -0.1) is 0 Å². The zero-order chi connectivity index (χ0) is 19.5. The van der Waals surface area contributed by atoms with Crippen LogP contribution in [0, 0.1) is 11.8 Å². The van der Waals surface area contributed by atoms with Crippen LogP contribution in [-0.2, 0) is 0 Å². The first-order valence-electron chi connectivity index (χ1n) is 10.6. The Balaban J connectivity index is 1.32. The third kappa shape index (κ3) is 3.38. The molecule has 0 radical (unpaired) electrons. The predicted octanol–water partition coefficient (Wildman–Crippen LogP) is 1.56. The van der Waals surface area contributed by atoms with Gasteiger partial charge in [-0.3, -0.25) is 9.98 Å². The standard InChI is InChI=1S/C20H25N7O2/c28-19-14(23-20(29)26-19)7-12-9-21-27-16(22-13-5-6-13)8-15(25-18(12)27)24-17(10-1-2-10)11-3-4-11/h7,9-11,13,17-18,28H,1-6,8H2,(H,24,25)(H2,23,26,29)/b12-7-,22-16?. The third-order valence-corrected chi connectivity index (χ3v) is 6.25. The van der Waals surface area contributed by atoms with Gasteiger partial charge in [-0.2, -0.15) is 5.10 Å². The average Bonchev–Trinajstić information content (AvgIpc) is 3.56. The van der Waals surface area contributed by atoms with E-state index < -0.39 is 5.69 Å². The zero-order valence-corrected chi connectivity index (χ0v) is 16.1. The van der Waals surface area contributed by atoms with Gasteiger partial charge in [0.1, 0.15) is 17.4 Å². The van der Waals surface area contributed by atoms with Crippen molar-refractivity contribution in [2.24, 2.45) is 26.9 Å². The second-order valence-electron chi connectivity index (χ2n) is 8.82. The van der Waals surface area contributed by atoms with Crippen LogP contribution in [0.3, 0.4) is 0 Å². The summed E-state index contributed by atoms with van der Waals surface area (Å²) >= 11 is 0. The largest absolute Gasteiger partial charge is 0.493 e. The van der Waals surface area contributed by atoms with Crippen molar-refractivity contribution in [2.75, 3.05) is 0 Å². The van der Waals surface area contributed by atoms with Crippen molar-refractivity contribution in [3.8, 4) is 5.88 Å². The van der Waals surface area contributed by atoms with Crippen molar-refractivity contribution in [3.05, 3.63) is 21.8 Å². The van der Waals surface area contributed by atoms with E-state index in [1.165, 1.54) is 25.7 Å². The number of hydrogen-bond acceptors (Lipinski definition) is 6. The monoisotopic (exact) mass is 395 g/mol. The first-order chi connectivity index (χ1) is 14.1. The van der Waals surface area contributed by atoms with Gasteiger partial charge in [-0.25, -0.2) is 14.8 Å². The molecule has 9 heteroatoms. The SMILES string of the molecule is O=c1[nH]c(O)c(/C=C2/C=NN3C(=NC4CC4)CC(NC(C4CC4)C4CC4)=NC23)[nH]1. The Morgan fingerprint density at radius 2 is 1.97 bits per heavy atom. The van der Waals surface area contributed by atoms with Crippen LogP contribution < -0.4 is 11.0 Å². The molecule has 1 aromatic heterocycles. The molecule has 3 heterocycles. The highest BCUT2D eigenvalue weighted by molar-refractivity contribution is 6.07. The molecular formula is C20H25N7O2. The quantitative estimate of drug-likeness (QED) is 0.604. The number of amidine groups is 2. The van der Waals surface area contributed by atoms with Crippen molar-refractivity contribution in [1.82, 2.24) is 20.3 Å². The van der Waals surface area contributed by atoms with E-state index in [0.717, 1.165) is 41.9 Å². The lowest BCUT2D eigenvalue weighted by Gasteiger charge is -2.31. The number of hydrazone groups is 1. The number of aromatic hydroxyl groups is 1. The van der Waals surface area contributed by atoms with Crippen LogP contribution in [0.25, 0.3) is 6.08 Å². The van der Waals surface area contributed by atoms with Gasteiger partial charge in [-0.1, -0.05) is 0 Å². The number of H-pyrrole nitrogens is 2. The highest BCUT2D eigenvalue weighted by atomic mass is 16.3. The van der Waals surface area contributed by atoms with Crippen LogP contribution in [0.5, 0.6) is 5.88 Å². The molecule has 0 spiro atoms. The molecule has 1 atom stereocenters. The second-order valence-corrected chi connectivity index (χ2v) is 8.82. The fourth-order valence-electron chi connectivity index (χ4n) is 4.26. The van der Waals surface area contributed by atoms with E-state index in [-0.39, 0.29) is 12.0 Å². The van der Waals surface area contributed by atoms with Crippen LogP contribution in [-0.4, -0.2) is 56.2 Å². The van der Waals surface area contributed by atoms with Crippen molar-refractivity contribution in [1.29, 1.82) is 0 Å². The van der Waals surface area contributed by atoms with Gasteiger partial charge >= 0.3 is 5.69 Å². The number of rotatable bonds is 5. The van der Waals surface area contributed by atoms with Gasteiger partial charge in [0.05, 0.1) is 18.7 Å². The minimum atomic E-state index is -0.441. The van der Waals surface area contributed by atoms with E-state index >= 15 is 0 Å². The summed E-state index contributed by atoms with van der Waals surface area (Å²) in [4.78, 5) is 26.3. The number of aliphatic imine (C=N–C) groups is 2. The molecule has 4 N–H and O–H groups in total. The van der Waals surface area contributed by atoms with Crippen molar-refractivity contribution >= 4 is 24.0 Å². The Morgan fingerprint density at radius 3 is 2.59 bits per heavy atom. The fraction of sp³-hybridized carbons (Fsp3) is 0.600. The smallest absolute Gasteiger partial charge is 0.326 e. The van der Waals surface area contributed by atoms with E-state index in [2.05, 4.69) is 20.4 Å². The Hall–Kier alpha value is -2.84. The number of aromatic amines is 2. The number of fused-ring (bicyclic) bond motifs is 1. The van der Waals surface area contributed by atoms with Crippen molar-refractivity contribution in [3.63, 3.8) is 0 Å². The molecule has 6 rings (SSSR count). The zero-order valence-electron chi connectivity index (χ0n) is 16.1. The van der Waals surface area contributed by atoms with Gasteiger partial charge in [0.2, 0.25) is 5.88 Å². The molecule has 5 aliphatic rings. The van der Waals surface area contributed by atoms with E-state index in [1.807, 2.05) is 5.01 Å². The van der Waals surface area contributed by atoms with Gasteiger partial charge in [0, 0.05) is 11.6 Å². The normalized spacial score (nSPS) is 29.1. The van der Waals surface area contributed by atoms with Gasteiger partial charge < -0.3 is 15.4 Å². The van der Waals surface area contributed by atoms with E-state index in [9.17, 15) is 9.90 Å². The minimum absolute atomic E-state index is 0.179. The van der Waals surface area contributed by atoms with Crippen molar-refractivity contribution in [2.45, 2.75) is 63.2 Å². The molecule has 3 aliphatic carbocycles. The molecule has 9 nitrogen and oxygen atoms in total. The molecule has 0 bridgehead atoms. The lowest BCUT2D eigenvalue weighted by Crippen LogP contribution is -2.47. The molecule has 3 fully saturated rings. The molecule has 3 saturated carbocycles. The number of nitrogens with one attached hydrogen (secondary N) is 3. The first-order valence-corrected chi connectivity index (χ1v) is 10.6. The molecule has 0 saturated heterocycles. The summed E-state index contributed by atoms with van der Waals surface area (Å²) in [5.41, 5.74) is 0.707. The van der Waals surface area contributed by atoms with Crippen molar-refractivity contribution < 1.29 is 5.11 Å². The van der Waals surface area contributed by atoms with Crippen LogP contribution in [0.2, 0.25) is 0 Å².